The summed E-state index contributed by atoms with van der Waals surface area (Å²) in [6, 6.07) is 7.32. The fourth-order valence-corrected chi connectivity index (χ4v) is 5.43. The van der Waals surface area contributed by atoms with Crippen LogP contribution in [0.1, 0.15) is 18.4 Å². The third kappa shape index (κ3) is 2.85. The quantitative estimate of drug-likeness (QED) is 0.756. The highest BCUT2D eigenvalue weighted by Gasteiger charge is 2.71. The first-order valence-corrected chi connectivity index (χ1v) is 9.35. The SMILES string of the molecule is CCOC[C@]1(C(N)=S)[C@H](c2ccc(OC)cc2)[C@H]1S(C)(=O)=O. The molecule has 5 nitrogen and oxygen atoms in total. The van der Waals surface area contributed by atoms with E-state index < -0.39 is 20.5 Å². The molecular formula is C15H21NO4S2. The van der Waals surface area contributed by atoms with Crippen molar-refractivity contribution in [2.45, 2.75) is 18.1 Å². The maximum absolute atomic E-state index is 12.2. The van der Waals surface area contributed by atoms with Gasteiger partial charge in [0.15, 0.2) is 9.84 Å². The number of sulfone groups is 1. The Morgan fingerprint density at radius 2 is 1.95 bits per heavy atom. The van der Waals surface area contributed by atoms with Crippen LogP contribution in [0.3, 0.4) is 0 Å². The van der Waals surface area contributed by atoms with Crippen LogP contribution in [0.5, 0.6) is 5.75 Å². The van der Waals surface area contributed by atoms with E-state index in [0.29, 0.717) is 12.4 Å². The van der Waals surface area contributed by atoms with Gasteiger partial charge in [-0.1, -0.05) is 24.4 Å². The smallest absolute Gasteiger partial charge is 0.152 e. The normalized spacial score (nSPS) is 27.4. The Bertz CT molecular complexity index is 657. The minimum absolute atomic E-state index is 0.192. The molecule has 1 aliphatic rings. The Morgan fingerprint density at radius 3 is 2.36 bits per heavy atom. The van der Waals surface area contributed by atoms with E-state index in [4.69, 9.17) is 27.4 Å². The predicted molar refractivity (Wildman–Crippen MR) is 90.1 cm³/mol. The van der Waals surface area contributed by atoms with E-state index >= 15 is 0 Å². The lowest BCUT2D eigenvalue weighted by Crippen LogP contribution is -2.33. The Labute approximate surface area is 136 Å². The number of ether oxygens (including phenoxy) is 2. The van der Waals surface area contributed by atoms with Crippen molar-refractivity contribution in [2.75, 3.05) is 26.6 Å². The van der Waals surface area contributed by atoms with Gasteiger partial charge in [-0.25, -0.2) is 8.42 Å². The van der Waals surface area contributed by atoms with Gasteiger partial charge < -0.3 is 15.2 Å². The van der Waals surface area contributed by atoms with Crippen molar-refractivity contribution in [1.29, 1.82) is 0 Å². The van der Waals surface area contributed by atoms with Crippen LogP contribution in [-0.2, 0) is 14.6 Å². The van der Waals surface area contributed by atoms with Crippen LogP contribution in [0, 0.1) is 5.41 Å². The molecule has 1 aliphatic carbocycles. The number of rotatable bonds is 7. The maximum atomic E-state index is 12.2. The van der Waals surface area contributed by atoms with Crippen LogP contribution in [0.4, 0.5) is 0 Å². The summed E-state index contributed by atoms with van der Waals surface area (Å²) in [4.78, 5) is 0.192. The van der Waals surface area contributed by atoms with Crippen LogP contribution in [0.15, 0.2) is 24.3 Å². The first-order valence-electron chi connectivity index (χ1n) is 6.99. The van der Waals surface area contributed by atoms with Crippen molar-refractivity contribution in [3.05, 3.63) is 29.8 Å². The third-order valence-electron chi connectivity index (χ3n) is 4.20. The predicted octanol–water partition coefficient (Wildman–Crippen LogP) is 1.51. The van der Waals surface area contributed by atoms with Crippen LogP contribution in [-0.4, -0.2) is 45.2 Å². The van der Waals surface area contributed by atoms with Gasteiger partial charge in [0.05, 0.1) is 29.4 Å². The van der Waals surface area contributed by atoms with Crippen molar-refractivity contribution >= 4 is 27.0 Å². The number of hydrogen-bond acceptors (Lipinski definition) is 5. The first kappa shape index (κ1) is 17.2. The summed E-state index contributed by atoms with van der Waals surface area (Å²) in [7, 11) is -1.72. The average Bonchev–Trinajstić information content (AvgIpc) is 3.16. The van der Waals surface area contributed by atoms with Gasteiger partial charge in [0, 0.05) is 18.8 Å². The zero-order chi connectivity index (χ0) is 16.5. The summed E-state index contributed by atoms with van der Waals surface area (Å²) in [5.74, 6) is 0.434. The first-order chi connectivity index (χ1) is 10.3. The molecule has 0 amide bonds. The largest absolute Gasteiger partial charge is 0.497 e. The zero-order valence-electron chi connectivity index (χ0n) is 12.9. The molecule has 0 bridgehead atoms. The van der Waals surface area contributed by atoms with E-state index in [1.165, 1.54) is 6.26 Å². The fourth-order valence-electron chi connectivity index (χ4n) is 3.12. The molecule has 3 atom stereocenters. The minimum atomic E-state index is -3.30. The van der Waals surface area contributed by atoms with Gasteiger partial charge in [0.25, 0.3) is 0 Å². The number of methoxy groups -OCH3 is 1. The van der Waals surface area contributed by atoms with Gasteiger partial charge in [-0.05, 0) is 24.6 Å². The Balaban J connectivity index is 2.43. The second-order valence-electron chi connectivity index (χ2n) is 5.54. The third-order valence-corrected chi connectivity index (χ3v) is 6.19. The summed E-state index contributed by atoms with van der Waals surface area (Å²) < 4.78 is 35.0. The molecular weight excluding hydrogens is 322 g/mol. The molecule has 22 heavy (non-hydrogen) atoms. The van der Waals surface area contributed by atoms with Crippen molar-refractivity contribution in [1.82, 2.24) is 0 Å². The highest BCUT2D eigenvalue weighted by Crippen LogP contribution is 2.63. The number of nitrogens with two attached hydrogens (primary N) is 1. The zero-order valence-corrected chi connectivity index (χ0v) is 14.5. The van der Waals surface area contributed by atoms with Gasteiger partial charge in [-0.2, -0.15) is 0 Å². The van der Waals surface area contributed by atoms with Crippen molar-refractivity contribution < 1.29 is 17.9 Å². The summed E-state index contributed by atoms with van der Waals surface area (Å²) >= 11 is 5.19. The summed E-state index contributed by atoms with van der Waals surface area (Å²) in [6.45, 7) is 2.55. The van der Waals surface area contributed by atoms with Gasteiger partial charge >= 0.3 is 0 Å². The second-order valence-corrected chi connectivity index (χ2v) is 8.15. The molecule has 0 aromatic heterocycles. The molecule has 0 radical (unpaired) electrons. The Hall–Kier alpha value is -1.18. The van der Waals surface area contributed by atoms with E-state index in [1.54, 1.807) is 19.2 Å². The lowest BCUT2D eigenvalue weighted by atomic mass is 10.00. The molecule has 0 aliphatic heterocycles. The number of thiocarbonyl (C=S) groups is 1. The lowest BCUT2D eigenvalue weighted by Gasteiger charge is -2.16. The summed E-state index contributed by atoms with van der Waals surface area (Å²) in [6.07, 6.45) is 1.22. The van der Waals surface area contributed by atoms with E-state index in [9.17, 15) is 8.42 Å². The molecule has 0 saturated heterocycles. The second kappa shape index (κ2) is 6.14. The standard InChI is InChI=1S/C15H21NO4S2/c1-4-20-9-15(14(16)21)12(13(15)22(3,17)18)10-5-7-11(19-2)8-6-10/h5-8,12-13H,4,9H2,1-3H3,(H2,16,21)/t12-,13-,15+/m1/s1. The maximum Gasteiger partial charge on any atom is 0.152 e. The van der Waals surface area contributed by atoms with Crippen LogP contribution >= 0.6 is 12.2 Å². The number of hydrogen-bond donors (Lipinski definition) is 1. The van der Waals surface area contributed by atoms with Crippen LogP contribution < -0.4 is 10.5 Å². The number of benzene rings is 1. The molecule has 2 rings (SSSR count). The molecule has 0 spiro atoms. The molecule has 1 aromatic rings. The lowest BCUT2D eigenvalue weighted by molar-refractivity contribution is 0.121. The van der Waals surface area contributed by atoms with E-state index in [-0.39, 0.29) is 17.5 Å². The van der Waals surface area contributed by atoms with E-state index in [2.05, 4.69) is 0 Å². The highest BCUT2D eigenvalue weighted by molar-refractivity contribution is 7.92. The molecule has 1 saturated carbocycles. The molecule has 1 fully saturated rings. The van der Waals surface area contributed by atoms with Gasteiger partial charge in [-0.3, -0.25) is 0 Å². The summed E-state index contributed by atoms with van der Waals surface area (Å²) in [5, 5.41) is -0.641. The fraction of sp³-hybridized carbons (Fsp3) is 0.533. The van der Waals surface area contributed by atoms with Gasteiger partial charge in [0.2, 0.25) is 0 Å². The Kier molecular flexibility index (Phi) is 4.79. The molecule has 1 aromatic carbocycles. The van der Waals surface area contributed by atoms with Crippen LogP contribution in [0.25, 0.3) is 0 Å². The average molecular weight is 343 g/mol. The Morgan fingerprint density at radius 1 is 1.36 bits per heavy atom. The molecule has 122 valence electrons. The van der Waals surface area contributed by atoms with Crippen LogP contribution in [0.2, 0.25) is 0 Å². The topological polar surface area (TPSA) is 78.6 Å². The van der Waals surface area contributed by atoms with E-state index in [0.717, 1.165) is 5.56 Å². The molecule has 2 N–H and O–H groups in total. The van der Waals surface area contributed by atoms with Gasteiger partial charge in [0.1, 0.15) is 5.75 Å². The van der Waals surface area contributed by atoms with Gasteiger partial charge in [-0.15, -0.1) is 0 Å². The minimum Gasteiger partial charge on any atom is -0.497 e. The molecule has 0 unspecified atom stereocenters. The van der Waals surface area contributed by atoms with Crippen molar-refractivity contribution in [2.24, 2.45) is 11.1 Å². The van der Waals surface area contributed by atoms with E-state index in [1.807, 2.05) is 19.1 Å². The monoisotopic (exact) mass is 343 g/mol. The molecule has 7 heteroatoms. The molecule has 0 heterocycles. The van der Waals surface area contributed by atoms with Crippen molar-refractivity contribution in [3.63, 3.8) is 0 Å². The summed E-state index contributed by atoms with van der Waals surface area (Å²) in [5.41, 5.74) is 5.96. The highest BCUT2D eigenvalue weighted by atomic mass is 32.2. The van der Waals surface area contributed by atoms with Crippen molar-refractivity contribution in [3.8, 4) is 5.75 Å².